The van der Waals surface area contributed by atoms with Gasteiger partial charge in [0.1, 0.15) is 11.6 Å². The molecular weight excluding hydrogens is 416 g/mol. The minimum Gasteiger partial charge on any atom is -0.496 e. The van der Waals surface area contributed by atoms with Gasteiger partial charge >= 0.3 is 0 Å². The molecule has 1 aliphatic heterocycles. The number of nitrogens with zero attached hydrogens (tertiary/aromatic N) is 6. The Bertz CT molecular complexity index is 1320. The van der Waals surface area contributed by atoms with Crippen molar-refractivity contribution in [2.75, 3.05) is 38.2 Å². The first-order chi connectivity index (χ1) is 16.1. The number of rotatable bonds is 4. The van der Waals surface area contributed by atoms with E-state index in [9.17, 15) is 4.79 Å². The molecule has 1 aliphatic rings. The number of anilines is 1. The minimum absolute atomic E-state index is 0.00177. The van der Waals surface area contributed by atoms with Crippen molar-refractivity contribution in [1.82, 2.24) is 24.5 Å². The quantitative estimate of drug-likeness (QED) is 0.477. The number of benzene rings is 2. The van der Waals surface area contributed by atoms with Crippen LogP contribution in [-0.4, -0.2) is 63.7 Å². The van der Waals surface area contributed by atoms with Crippen LogP contribution in [0.1, 0.15) is 42.4 Å². The Morgan fingerprint density at radius 3 is 2.58 bits per heavy atom. The molecule has 0 radical (unpaired) electrons. The fourth-order valence-corrected chi connectivity index (χ4v) is 4.48. The van der Waals surface area contributed by atoms with E-state index in [1.54, 1.807) is 7.11 Å². The Labute approximate surface area is 192 Å². The third kappa shape index (κ3) is 3.75. The zero-order valence-electron chi connectivity index (χ0n) is 19.2. The largest absolute Gasteiger partial charge is 0.496 e. The normalized spacial score (nSPS) is 14.8. The van der Waals surface area contributed by atoms with Gasteiger partial charge in [-0.05, 0) is 30.7 Å². The first-order valence-electron chi connectivity index (χ1n) is 11.4. The first-order valence-corrected chi connectivity index (χ1v) is 11.4. The molecular formula is C25H28N6O2. The summed E-state index contributed by atoms with van der Waals surface area (Å²) < 4.78 is 7.50. The van der Waals surface area contributed by atoms with Gasteiger partial charge in [0.2, 0.25) is 5.95 Å². The SMILES string of the molecule is COc1ccccc1C(=O)N1CCCN(c2nc3ccccc3c3nnc(C(C)C)n23)CC1. The van der Waals surface area contributed by atoms with Crippen LogP contribution in [0.3, 0.4) is 0 Å². The number of para-hydroxylation sites is 2. The van der Waals surface area contributed by atoms with Gasteiger partial charge < -0.3 is 14.5 Å². The van der Waals surface area contributed by atoms with E-state index >= 15 is 0 Å². The lowest BCUT2D eigenvalue weighted by atomic mass is 10.1. The van der Waals surface area contributed by atoms with Gasteiger partial charge in [-0.15, -0.1) is 10.2 Å². The van der Waals surface area contributed by atoms with Gasteiger partial charge in [-0.2, -0.15) is 0 Å². The molecule has 1 saturated heterocycles. The van der Waals surface area contributed by atoms with Crippen molar-refractivity contribution < 1.29 is 9.53 Å². The summed E-state index contributed by atoms with van der Waals surface area (Å²) in [5, 5.41) is 10.00. The van der Waals surface area contributed by atoms with Crippen LogP contribution in [-0.2, 0) is 0 Å². The molecule has 8 heteroatoms. The third-order valence-corrected chi connectivity index (χ3v) is 6.17. The molecule has 0 bridgehead atoms. The van der Waals surface area contributed by atoms with E-state index in [-0.39, 0.29) is 11.8 Å². The molecule has 170 valence electrons. The molecule has 1 fully saturated rings. The van der Waals surface area contributed by atoms with Gasteiger partial charge in [0.05, 0.1) is 18.2 Å². The average molecular weight is 445 g/mol. The lowest BCUT2D eigenvalue weighted by molar-refractivity contribution is 0.0763. The second-order valence-corrected chi connectivity index (χ2v) is 8.63. The second-order valence-electron chi connectivity index (χ2n) is 8.63. The zero-order chi connectivity index (χ0) is 22.9. The van der Waals surface area contributed by atoms with Crippen LogP contribution in [0.2, 0.25) is 0 Å². The maximum Gasteiger partial charge on any atom is 0.257 e. The molecule has 0 N–H and O–H groups in total. The molecule has 4 aromatic rings. The number of ether oxygens (including phenoxy) is 1. The molecule has 5 rings (SSSR count). The Hall–Kier alpha value is -3.68. The predicted molar refractivity (Wildman–Crippen MR) is 128 cm³/mol. The molecule has 0 atom stereocenters. The van der Waals surface area contributed by atoms with Crippen molar-refractivity contribution in [1.29, 1.82) is 0 Å². The van der Waals surface area contributed by atoms with Crippen molar-refractivity contribution >= 4 is 28.4 Å². The smallest absolute Gasteiger partial charge is 0.257 e. The van der Waals surface area contributed by atoms with Crippen molar-refractivity contribution in [2.45, 2.75) is 26.2 Å². The Morgan fingerprint density at radius 2 is 1.76 bits per heavy atom. The van der Waals surface area contributed by atoms with Crippen LogP contribution in [0.4, 0.5) is 5.95 Å². The van der Waals surface area contributed by atoms with Crippen molar-refractivity contribution in [3.05, 3.63) is 59.9 Å². The highest BCUT2D eigenvalue weighted by molar-refractivity contribution is 5.97. The highest BCUT2D eigenvalue weighted by atomic mass is 16.5. The molecule has 0 saturated carbocycles. The van der Waals surface area contributed by atoms with Crippen LogP contribution >= 0.6 is 0 Å². The Morgan fingerprint density at radius 1 is 0.970 bits per heavy atom. The summed E-state index contributed by atoms with van der Waals surface area (Å²) in [5.41, 5.74) is 2.32. The zero-order valence-corrected chi connectivity index (χ0v) is 19.2. The first kappa shape index (κ1) is 21.2. The number of fused-ring (bicyclic) bond motifs is 3. The van der Waals surface area contributed by atoms with Crippen molar-refractivity contribution in [3.63, 3.8) is 0 Å². The molecule has 0 aliphatic carbocycles. The highest BCUT2D eigenvalue weighted by Gasteiger charge is 2.26. The predicted octanol–water partition coefficient (Wildman–Crippen LogP) is 3.76. The topological polar surface area (TPSA) is 75.9 Å². The highest BCUT2D eigenvalue weighted by Crippen LogP contribution is 2.28. The molecule has 2 aromatic carbocycles. The molecule has 3 heterocycles. The summed E-state index contributed by atoms with van der Waals surface area (Å²) in [4.78, 5) is 22.4. The summed E-state index contributed by atoms with van der Waals surface area (Å²) in [5.74, 6) is 2.54. The lowest BCUT2D eigenvalue weighted by Crippen LogP contribution is -2.36. The van der Waals surface area contributed by atoms with E-state index < -0.39 is 0 Å². The number of amides is 1. The van der Waals surface area contributed by atoms with Gasteiger partial charge in [0, 0.05) is 37.5 Å². The Balaban J connectivity index is 1.50. The number of carbonyl (C=O) groups is 1. The summed E-state index contributed by atoms with van der Waals surface area (Å²) >= 11 is 0. The van der Waals surface area contributed by atoms with Crippen LogP contribution < -0.4 is 9.64 Å². The average Bonchev–Trinajstić information content (AvgIpc) is 3.15. The second kappa shape index (κ2) is 8.69. The number of methoxy groups -OCH3 is 1. The standard InChI is InChI=1S/C25H28N6O2/c1-17(2)22-27-28-23-18-9-4-6-11-20(18)26-25(31(22)23)30-14-8-13-29(15-16-30)24(32)19-10-5-7-12-21(19)33-3/h4-7,9-12,17H,8,13-16H2,1-3H3. The lowest BCUT2D eigenvalue weighted by Gasteiger charge is -2.25. The van der Waals surface area contributed by atoms with Gasteiger partial charge in [-0.1, -0.05) is 38.1 Å². The fraction of sp³-hybridized carbons (Fsp3) is 0.360. The molecule has 2 aromatic heterocycles. The van der Waals surface area contributed by atoms with E-state index in [1.165, 1.54) is 0 Å². The van der Waals surface area contributed by atoms with Gasteiger partial charge in [0.25, 0.3) is 5.91 Å². The van der Waals surface area contributed by atoms with E-state index in [0.717, 1.165) is 41.3 Å². The van der Waals surface area contributed by atoms with E-state index in [0.29, 0.717) is 30.9 Å². The van der Waals surface area contributed by atoms with Crippen molar-refractivity contribution in [2.24, 2.45) is 0 Å². The summed E-state index contributed by atoms with van der Waals surface area (Å²) in [6, 6.07) is 15.4. The number of hydrogen-bond acceptors (Lipinski definition) is 6. The van der Waals surface area contributed by atoms with Crippen LogP contribution in [0.25, 0.3) is 16.6 Å². The molecule has 0 spiro atoms. The fourth-order valence-electron chi connectivity index (χ4n) is 4.48. The molecule has 8 nitrogen and oxygen atoms in total. The Kier molecular flexibility index (Phi) is 5.58. The van der Waals surface area contributed by atoms with Crippen LogP contribution in [0, 0.1) is 0 Å². The summed E-state index contributed by atoms with van der Waals surface area (Å²) in [7, 11) is 1.60. The maximum atomic E-state index is 13.3. The number of carbonyl (C=O) groups excluding carboxylic acids is 1. The molecule has 0 unspecified atom stereocenters. The summed E-state index contributed by atoms with van der Waals surface area (Å²) in [6.07, 6.45) is 0.843. The van der Waals surface area contributed by atoms with Crippen LogP contribution in [0.5, 0.6) is 5.75 Å². The monoisotopic (exact) mass is 444 g/mol. The number of hydrogen-bond donors (Lipinski definition) is 0. The third-order valence-electron chi connectivity index (χ3n) is 6.17. The summed E-state index contributed by atoms with van der Waals surface area (Å²) in [6.45, 7) is 7.00. The minimum atomic E-state index is -0.00177. The number of aromatic nitrogens is 4. The molecule has 33 heavy (non-hydrogen) atoms. The van der Waals surface area contributed by atoms with Gasteiger partial charge in [0.15, 0.2) is 5.65 Å². The van der Waals surface area contributed by atoms with E-state index in [1.807, 2.05) is 53.4 Å². The van der Waals surface area contributed by atoms with Crippen LogP contribution in [0.15, 0.2) is 48.5 Å². The van der Waals surface area contributed by atoms with E-state index in [4.69, 9.17) is 9.72 Å². The van der Waals surface area contributed by atoms with E-state index in [2.05, 4.69) is 33.3 Å². The van der Waals surface area contributed by atoms with Crippen molar-refractivity contribution in [3.8, 4) is 5.75 Å². The van der Waals surface area contributed by atoms with Gasteiger partial charge in [-0.25, -0.2) is 9.38 Å². The molecule has 1 amide bonds. The maximum absolute atomic E-state index is 13.3. The van der Waals surface area contributed by atoms with Gasteiger partial charge in [-0.3, -0.25) is 4.79 Å².